The standard InChI is InChI=1S/C15H28N2/c1-5-8-16-15(11(2)3)12-9-13-6-7-14(10-12)17(13)4/h12-16H,2,5-10H2,1,3-4H3. The van der Waals surface area contributed by atoms with Gasteiger partial charge in [-0.15, -0.1) is 0 Å². The van der Waals surface area contributed by atoms with Crippen LogP contribution in [0.15, 0.2) is 12.2 Å². The van der Waals surface area contributed by atoms with Gasteiger partial charge in [-0.1, -0.05) is 19.1 Å². The predicted octanol–water partition coefficient (Wildman–Crippen LogP) is 2.80. The second-order valence-corrected chi connectivity index (χ2v) is 6.06. The van der Waals surface area contributed by atoms with Crippen LogP contribution in [0.5, 0.6) is 0 Å². The maximum Gasteiger partial charge on any atom is 0.0303 e. The van der Waals surface area contributed by atoms with Crippen LogP contribution in [0.4, 0.5) is 0 Å². The van der Waals surface area contributed by atoms with Crippen LogP contribution < -0.4 is 5.32 Å². The molecule has 3 atom stereocenters. The highest BCUT2D eigenvalue weighted by molar-refractivity contribution is 5.08. The first-order valence-corrected chi connectivity index (χ1v) is 7.24. The summed E-state index contributed by atoms with van der Waals surface area (Å²) in [6.45, 7) is 9.75. The molecule has 2 aliphatic rings. The van der Waals surface area contributed by atoms with E-state index in [0.717, 1.165) is 24.5 Å². The molecule has 2 saturated heterocycles. The van der Waals surface area contributed by atoms with Crippen molar-refractivity contribution < 1.29 is 0 Å². The smallest absolute Gasteiger partial charge is 0.0303 e. The molecule has 0 amide bonds. The number of hydrogen-bond acceptors (Lipinski definition) is 2. The Kier molecular flexibility index (Phi) is 4.26. The van der Waals surface area contributed by atoms with Gasteiger partial charge in [-0.3, -0.25) is 0 Å². The van der Waals surface area contributed by atoms with E-state index < -0.39 is 0 Å². The summed E-state index contributed by atoms with van der Waals surface area (Å²) < 4.78 is 0. The Morgan fingerprint density at radius 1 is 1.35 bits per heavy atom. The van der Waals surface area contributed by atoms with Crippen molar-refractivity contribution in [3.63, 3.8) is 0 Å². The molecule has 2 bridgehead atoms. The molecule has 1 N–H and O–H groups in total. The Morgan fingerprint density at radius 3 is 2.41 bits per heavy atom. The van der Waals surface area contributed by atoms with E-state index in [-0.39, 0.29) is 0 Å². The molecule has 2 heterocycles. The molecule has 17 heavy (non-hydrogen) atoms. The second kappa shape index (κ2) is 5.53. The lowest BCUT2D eigenvalue weighted by Crippen LogP contribution is -2.47. The Morgan fingerprint density at radius 2 is 1.94 bits per heavy atom. The van der Waals surface area contributed by atoms with Crippen molar-refractivity contribution in [3.05, 3.63) is 12.2 Å². The van der Waals surface area contributed by atoms with Gasteiger partial charge in [0.05, 0.1) is 0 Å². The molecule has 3 unspecified atom stereocenters. The quantitative estimate of drug-likeness (QED) is 0.738. The summed E-state index contributed by atoms with van der Waals surface area (Å²) in [4.78, 5) is 2.62. The zero-order chi connectivity index (χ0) is 12.4. The first-order chi connectivity index (χ1) is 8.13. The highest BCUT2D eigenvalue weighted by atomic mass is 15.2. The van der Waals surface area contributed by atoms with Crippen molar-refractivity contribution in [2.24, 2.45) is 5.92 Å². The third-order valence-corrected chi connectivity index (χ3v) is 4.75. The van der Waals surface area contributed by atoms with Gasteiger partial charge in [0.25, 0.3) is 0 Å². The summed E-state index contributed by atoms with van der Waals surface area (Å²) in [7, 11) is 2.31. The lowest BCUT2D eigenvalue weighted by atomic mass is 9.82. The van der Waals surface area contributed by atoms with Crippen molar-refractivity contribution in [1.82, 2.24) is 10.2 Å². The minimum atomic E-state index is 0.548. The molecule has 98 valence electrons. The molecular formula is C15H28N2. The van der Waals surface area contributed by atoms with Crippen molar-refractivity contribution in [3.8, 4) is 0 Å². The lowest BCUT2D eigenvalue weighted by molar-refractivity contribution is 0.119. The van der Waals surface area contributed by atoms with Gasteiger partial charge < -0.3 is 10.2 Å². The molecule has 2 nitrogen and oxygen atoms in total. The summed E-state index contributed by atoms with van der Waals surface area (Å²) in [6, 6.07) is 2.22. The van der Waals surface area contributed by atoms with Crippen LogP contribution >= 0.6 is 0 Å². The van der Waals surface area contributed by atoms with Crippen LogP contribution in [0.3, 0.4) is 0 Å². The van der Waals surface area contributed by atoms with Gasteiger partial charge in [0.2, 0.25) is 0 Å². The number of rotatable bonds is 5. The summed E-state index contributed by atoms with van der Waals surface area (Å²) in [5, 5.41) is 3.70. The molecule has 2 aliphatic heterocycles. The molecule has 2 fully saturated rings. The van der Waals surface area contributed by atoms with Crippen molar-refractivity contribution in [2.75, 3.05) is 13.6 Å². The van der Waals surface area contributed by atoms with E-state index in [1.54, 1.807) is 0 Å². The first kappa shape index (κ1) is 13.1. The van der Waals surface area contributed by atoms with Crippen LogP contribution in [-0.4, -0.2) is 36.6 Å². The molecule has 0 aromatic carbocycles. The fraction of sp³-hybridized carbons (Fsp3) is 0.867. The minimum absolute atomic E-state index is 0.548. The number of nitrogens with zero attached hydrogens (tertiary/aromatic N) is 1. The fourth-order valence-corrected chi connectivity index (χ4v) is 3.77. The monoisotopic (exact) mass is 236 g/mol. The van der Waals surface area contributed by atoms with Gasteiger partial charge in [-0.05, 0) is 58.5 Å². The van der Waals surface area contributed by atoms with E-state index in [0.29, 0.717) is 6.04 Å². The van der Waals surface area contributed by atoms with Crippen LogP contribution in [0.1, 0.15) is 46.0 Å². The molecule has 0 saturated carbocycles. The summed E-state index contributed by atoms with van der Waals surface area (Å²) in [5.74, 6) is 0.813. The summed E-state index contributed by atoms with van der Waals surface area (Å²) in [6.07, 6.45) is 6.76. The Hall–Kier alpha value is -0.340. The fourth-order valence-electron chi connectivity index (χ4n) is 3.77. The van der Waals surface area contributed by atoms with Crippen LogP contribution in [-0.2, 0) is 0 Å². The molecule has 0 aromatic rings. The second-order valence-electron chi connectivity index (χ2n) is 6.06. The van der Waals surface area contributed by atoms with Crippen LogP contribution in [0.2, 0.25) is 0 Å². The van der Waals surface area contributed by atoms with E-state index in [1.807, 2.05) is 0 Å². The highest BCUT2D eigenvalue weighted by Gasteiger charge is 2.40. The molecule has 0 radical (unpaired) electrons. The van der Waals surface area contributed by atoms with E-state index in [4.69, 9.17) is 0 Å². The third kappa shape index (κ3) is 2.74. The van der Waals surface area contributed by atoms with Crippen molar-refractivity contribution in [1.29, 1.82) is 0 Å². The average Bonchev–Trinajstić information content (AvgIpc) is 2.53. The molecule has 2 rings (SSSR count). The molecule has 0 aromatic heterocycles. The SMILES string of the molecule is C=C(C)C(NCCC)C1CC2CCC(C1)N2C. The number of fused-ring (bicyclic) bond motifs is 2. The van der Waals surface area contributed by atoms with Gasteiger partial charge >= 0.3 is 0 Å². The van der Waals surface area contributed by atoms with E-state index in [2.05, 4.69) is 37.7 Å². The van der Waals surface area contributed by atoms with Gasteiger partial charge in [-0.2, -0.15) is 0 Å². The molecular weight excluding hydrogens is 208 g/mol. The van der Waals surface area contributed by atoms with E-state index in [1.165, 1.54) is 37.7 Å². The summed E-state index contributed by atoms with van der Waals surface area (Å²) >= 11 is 0. The third-order valence-electron chi connectivity index (χ3n) is 4.75. The zero-order valence-corrected chi connectivity index (χ0v) is 11.7. The summed E-state index contributed by atoms with van der Waals surface area (Å²) in [5.41, 5.74) is 1.33. The maximum absolute atomic E-state index is 4.20. The molecule has 0 spiro atoms. The van der Waals surface area contributed by atoms with Crippen LogP contribution in [0.25, 0.3) is 0 Å². The van der Waals surface area contributed by atoms with Gasteiger partial charge in [0.1, 0.15) is 0 Å². The highest BCUT2D eigenvalue weighted by Crippen LogP contribution is 2.39. The Labute approximate surface area is 106 Å². The van der Waals surface area contributed by atoms with Crippen molar-refractivity contribution in [2.45, 2.75) is 64.1 Å². The number of hydrogen-bond donors (Lipinski definition) is 1. The Bertz CT molecular complexity index is 260. The number of nitrogens with one attached hydrogen (secondary N) is 1. The Balaban J connectivity index is 1.98. The van der Waals surface area contributed by atoms with Crippen molar-refractivity contribution >= 4 is 0 Å². The topological polar surface area (TPSA) is 15.3 Å². The largest absolute Gasteiger partial charge is 0.310 e. The van der Waals surface area contributed by atoms with E-state index >= 15 is 0 Å². The first-order valence-electron chi connectivity index (χ1n) is 7.24. The molecule has 2 heteroatoms. The zero-order valence-electron chi connectivity index (χ0n) is 11.7. The van der Waals surface area contributed by atoms with Gasteiger partial charge in [0.15, 0.2) is 0 Å². The van der Waals surface area contributed by atoms with E-state index in [9.17, 15) is 0 Å². The average molecular weight is 236 g/mol. The predicted molar refractivity (Wildman–Crippen MR) is 74.2 cm³/mol. The molecule has 0 aliphatic carbocycles. The number of piperidine rings is 1. The maximum atomic E-state index is 4.20. The van der Waals surface area contributed by atoms with Crippen LogP contribution in [0, 0.1) is 5.92 Å². The van der Waals surface area contributed by atoms with Gasteiger partial charge in [-0.25, -0.2) is 0 Å². The van der Waals surface area contributed by atoms with Gasteiger partial charge in [0, 0.05) is 18.1 Å². The lowest BCUT2D eigenvalue weighted by Gasteiger charge is -2.40. The normalized spacial score (nSPS) is 34.9. The minimum Gasteiger partial charge on any atom is -0.310 e.